The molecule has 3 N–H and O–H groups in total. The Balaban J connectivity index is 1.50. The Hall–Kier alpha value is -0.0800. The second kappa shape index (κ2) is 1.20. The van der Waals surface area contributed by atoms with Gasteiger partial charge >= 0.3 is 0 Å². The van der Waals surface area contributed by atoms with Crippen molar-refractivity contribution >= 4 is 0 Å². The lowest BCUT2D eigenvalue weighted by Crippen LogP contribution is -3.11. The minimum absolute atomic E-state index is 0.689. The maximum absolute atomic E-state index is 5.53. The Morgan fingerprint density at radius 2 is 1.58 bits per heavy atom. The molecule has 6 rings (SSSR count). The first-order valence-corrected chi connectivity index (χ1v) is 5.38. The first-order chi connectivity index (χ1) is 5.93. The molecule has 0 atom stereocenters. The zero-order valence-electron chi connectivity index (χ0n) is 7.03. The molecule has 6 fully saturated rings. The van der Waals surface area contributed by atoms with Gasteiger partial charge in [0.15, 0.2) is 0 Å². The zero-order valence-corrected chi connectivity index (χ0v) is 7.03. The molecule has 2 nitrogen and oxygen atoms in total. The van der Waals surface area contributed by atoms with Crippen LogP contribution in [0.2, 0.25) is 0 Å². The molecule has 0 bridgehead atoms. The predicted molar refractivity (Wildman–Crippen MR) is 44.2 cm³/mol. The molecular formula is C10H14N2. The molecule has 0 aromatic rings. The van der Waals surface area contributed by atoms with Crippen LogP contribution in [-0.2, 0) is 0 Å². The molecule has 0 unspecified atom stereocenters. The van der Waals surface area contributed by atoms with Crippen molar-refractivity contribution < 1.29 is 0 Å². The van der Waals surface area contributed by atoms with Gasteiger partial charge in [0.25, 0.3) is 0 Å². The van der Waals surface area contributed by atoms with Crippen molar-refractivity contribution in [3.8, 4) is 0 Å². The van der Waals surface area contributed by atoms with Crippen molar-refractivity contribution in [3.05, 3.63) is 0 Å². The lowest BCUT2D eigenvalue weighted by atomic mass is 8.98. The van der Waals surface area contributed by atoms with E-state index in [-0.39, 0.29) is 0 Å². The van der Waals surface area contributed by atoms with Gasteiger partial charge in [0.05, 0.1) is 0 Å². The molecule has 2 heteroatoms. The molecule has 6 aliphatic carbocycles. The number of nitrogens with one attached hydrogen (secondary N) is 1. The molecular weight excluding hydrogens is 148 g/mol. The molecule has 0 heterocycles. The summed E-state index contributed by atoms with van der Waals surface area (Å²) in [6.45, 7) is 1.87. The summed E-state index contributed by atoms with van der Waals surface area (Å²) >= 11 is 0. The highest BCUT2D eigenvalue weighted by Gasteiger charge is 3.04. The first kappa shape index (κ1) is 5.61. The highest BCUT2D eigenvalue weighted by molar-refractivity contribution is 5.54. The normalized spacial score (nSPS) is 82.2. The Morgan fingerprint density at radius 3 is 2.08 bits per heavy atom. The van der Waals surface area contributed by atoms with Crippen LogP contribution < -0.4 is 11.1 Å². The van der Waals surface area contributed by atoms with E-state index in [1.54, 1.807) is 0 Å². The molecule has 6 aliphatic rings. The summed E-state index contributed by atoms with van der Waals surface area (Å²) in [5, 5.41) is 3.73. The highest BCUT2D eigenvalue weighted by Crippen LogP contribution is 3.02. The smallest absolute Gasteiger partial charge is 0.0283 e. The second-order valence-electron chi connectivity index (χ2n) is 5.54. The molecule has 0 aliphatic heterocycles. The van der Waals surface area contributed by atoms with Crippen molar-refractivity contribution in [3.63, 3.8) is 0 Å². The van der Waals surface area contributed by atoms with Gasteiger partial charge in [-0.05, 0) is 41.4 Å². The third kappa shape index (κ3) is 0.227. The van der Waals surface area contributed by atoms with Crippen LogP contribution >= 0.6 is 0 Å². The number of nitrogens with two attached hydrogens (primary N) is 1. The topological polar surface area (TPSA) is 38.0 Å². The van der Waals surface area contributed by atoms with E-state index >= 15 is 0 Å². The zero-order chi connectivity index (χ0) is 7.66. The summed E-state index contributed by atoms with van der Waals surface area (Å²) < 4.78 is 0. The third-order valence-corrected chi connectivity index (χ3v) is 6.05. The molecule has 0 aromatic heterocycles. The van der Waals surface area contributed by atoms with Gasteiger partial charge in [0.1, 0.15) is 0 Å². The van der Waals surface area contributed by atoms with Gasteiger partial charge in [0, 0.05) is 18.6 Å². The van der Waals surface area contributed by atoms with Crippen LogP contribution in [-0.4, -0.2) is 18.6 Å². The summed E-state index contributed by atoms with van der Waals surface area (Å²) in [7, 11) is 0. The van der Waals surface area contributed by atoms with Gasteiger partial charge in [-0.1, -0.05) is 0 Å². The fourth-order valence-corrected chi connectivity index (χ4v) is 6.07. The summed E-state index contributed by atoms with van der Waals surface area (Å²) in [6, 6.07) is 0. The number of hydrogen-bond donors (Lipinski definition) is 2. The standard InChI is InChI=1S/C10H14N2/c11-1-2-12-10-7-4-3-5(7)9(10)6(3)8(4)10/h3-9,12H,1-2,11H2. The van der Waals surface area contributed by atoms with E-state index in [2.05, 4.69) is 5.32 Å². The lowest BCUT2D eigenvalue weighted by molar-refractivity contribution is -0.580. The van der Waals surface area contributed by atoms with Gasteiger partial charge in [-0.2, -0.15) is 0 Å². The molecule has 0 amide bonds. The Labute approximate surface area is 71.9 Å². The predicted octanol–water partition coefficient (Wildman–Crippen LogP) is -0.345. The van der Waals surface area contributed by atoms with Gasteiger partial charge in [-0.25, -0.2) is 0 Å². The lowest BCUT2D eigenvalue weighted by Gasteiger charge is -3.07. The van der Waals surface area contributed by atoms with E-state index in [1.807, 2.05) is 0 Å². The van der Waals surface area contributed by atoms with Crippen LogP contribution in [0.1, 0.15) is 0 Å². The monoisotopic (exact) mass is 162 g/mol. The van der Waals surface area contributed by atoms with Crippen LogP contribution in [0, 0.1) is 41.4 Å². The SMILES string of the molecule is NCCNC12C3C4C5C3C1C5C42. The fraction of sp³-hybridized carbons (Fsp3) is 1.00. The average molecular weight is 162 g/mol. The third-order valence-electron chi connectivity index (χ3n) is 6.05. The van der Waals surface area contributed by atoms with Crippen molar-refractivity contribution in [2.24, 2.45) is 47.2 Å². The minimum atomic E-state index is 0.689. The maximum Gasteiger partial charge on any atom is 0.0283 e. The van der Waals surface area contributed by atoms with E-state index < -0.39 is 0 Å². The van der Waals surface area contributed by atoms with E-state index in [1.165, 1.54) is 23.7 Å². The van der Waals surface area contributed by atoms with E-state index in [0.29, 0.717) is 5.54 Å². The summed E-state index contributed by atoms with van der Waals surface area (Å²) in [5.41, 5.74) is 6.22. The van der Waals surface area contributed by atoms with Crippen LogP contribution in [0.25, 0.3) is 0 Å². The van der Waals surface area contributed by atoms with E-state index in [9.17, 15) is 0 Å². The number of hydrogen-bond acceptors (Lipinski definition) is 2. The molecule has 0 radical (unpaired) electrons. The first-order valence-electron chi connectivity index (χ1n) is 5.38. The van der Waals surface area contributed by atoms with Crippen molar-refractivity contribution in [1.29, 1.82) is 0 Å². The highest BCUT2D eigenvalue weighted by atomic mass is 15.2. The van der Waals surface area contributed by atoms with Gasteiger partial charge in [0.2, 0.25) is 0 Å². The summed E-state index contributed by atoms with van der Waals surface area (Å²) in [6.07, 6.45) is 0. The van der Waals surface area contributed by atoms with Crippen LogP contribution in [0.3, 0.4) is 0 Å². The molecule has 64 valence electrons. The van der Waals surface area contributed by atoms with Crippen molar-refractivity contribution in [2.45, 2.75) is 5.54 Å². The van der Waals surface area contributed by atoms with Crippen molar-refractivity contribution in [2.75, 3.05) is 13.1 Å². The largest absolute Gasteiger partial charge is 0.329 e. The quantitative estimate of drug-likeness (QED) is 0.595. The van der Waals surface area contributed by atoms with Crippen LogP contribution in [0.5, 0.6) is 0 Å². The Kier molecular flexibility index (Phi) is 0.561. The number of rotatable bonds is 3. The minimum Gasteiger partial charge on any atom is -0.329 e. The van der Waals surface area contributed by atoms with Gasteiger partial charge in [-0.3, -0.25) is 0 Å². The summed E-state index contributed by atoms with van der Waals surface area (Å²) in [5.74, 6) is 8.25. The molecule has 0 saturated heterocycles. The maximum atomic E-state index is 5.53. The Morgan fingerprint density at radius 1 is 1.00 bits per heavy atom. The molecule has 0 spiro atoms. The van der Waals surface area contributed by atoms with Crippen molar-refractivity contribution in [1.82, 2.24) is 5.32 Å². The van der Waals surface area contributed by atoms with Gasteiger partial charge in [-0.15, -0.1) is 0 Å². The molecule has 12 heavy (non-hydrogen) atoms. The van der Waals surface area contributed by atoms with Crippen LogP contribution in [0.4, 0.5) is 0 Å². The van der Waals surface area contributed by atoms with E-state index in [4.69, 9.17) is 5.73 Å². The molecule has 0 aromatic carbocycles. The second-order valence-corrected chi connectivity index (χ2v) is 5.54. The average Bonchev–Trinajstić information content (AvgIpc) is 2.15. The summed E-state index contributed by atoms with van der Waals surface area (Å²) in [4.78, 5) is 0. The Bertz CT molecular complexity index is 247. The van der Waals surface area contributed by atoms with Crippen LogP contribution in [0.15, 0.2) is 0 Å². The fourth-order valence-electron chi connectivity index (χ4n) is 6.07. The van der Waals surface area contributed by atoms with Gasteiger partial charge < -0.3 is 11.1 Å². The molecule has 6 saturated carbocycles. The van der Waals surface area contributed by atoms with E-state index in [0.717, 1.165) is 30.8 Å².